The number of ether oxygens (including phenoxy) is 1. The third-order valence-electron chi connectivity index (χ3n) is 2.98. The lowest BCUT2D eigenvalue weighted by Crippen LogP contribution is -2.28. The fourth-order valence-corrected chi connectivity index (χ4v) is 2.29. The van der Waals surface area contributed by atoms with Crippen molar-refractivity contribution in [3.05, 3.63) is 40.9 Å². The first-order valence-corrected chi connectivity index (χ1v) is 7.47. The molecule has 7 heteroatoms. The number of anilines is 1. The number of hydrogen-bond acceptors (Lipinski definition) is 5. The summed E-state index contributed by atoms with van der Waals surface area (Å²) in [5.74, 6) is -0.0969. The number of carbonyl (C=O) groups excluding carboxylic acids is 2. The quantitative estimate of drug-likeness (QED) is 0.917. The van der Waals surface area contributed by atoms with Crippen LogP contribution >= 0.6 is 11.5 Å². The van der Waals surface area contributed by atoms with Crippen LogP contribution in [0.2, 0.25) is 0 Å². The molecule has 1 aromatic heterocycles. The highest BCUT2D eigenvalue weighted by molar-refractivity contribution is 7.04. The zero-order valence-electron chi connectivity index (χ0n) is 12.6. The number of para-hydroxylation sites is 1. The number of nitrogens with zero attached hydrogens (tertiary/aromatic N) is 2. The van der Waals surface area contributed by atoms with Gasteiger partial charge in [-0.2, -0.15) is 4.37 Å². The molecule has 116 valence electrons. The zero-order valence-corrected chi connectivity index (χ0v) is 13.4. The van der Waals surface area contributed by atoms with Crippen LogP contribution in [0.25, 0.3) is 0 Å². The summed E-state index contributed by atoms with van der Waals surface area (Å²) in [6.45, 7) is 1.71. The number of aromatic nitrogens is 1. The molecular formula is C15H17N3O3S. The molecule has 0 radical (unpaired) electrons. The highest BCUT2D eigenvalue weighted by Crippen LogP contribution is 2.21. The highest BCUT2D eigenvalue weighted by Gasteiger charge is 2.15. The predicted octanol–water partition coefficient (Wildman–Crippen LogP) is 2.17. The first kappa shape index (κ1) is 16.0. The molecule has 1 heterocycles. The molecule has 2 aromatic rings. The van der Waals surface area contributed by atoms with Crippen molar-refractivity contribution in [2.75, 3.05) is 26.0 Å². The smallest absolute Gasteiger partial charge is 0.259 e. The Kier molecular flexibility index (Phi) is 5.11. The van der Waals surface area contributed by atoms with Gasteiger partial charge in [-0.1, -0.05) is 12.1 Å². The monoisotopic (exact) mass is 319 g/mol. The van der Waals surface area contributed by atoms with Crippen molar-refractivity contribution in [2.24, 2.45) is 0 Å². The van der Waals surface area contributed by atoms with Gasteiger partial charge in [-0.15, -0.1) is 0 Å². The second-order valence-corrected chi connectivity index (χ2v) is 5.47. The molecule has 1 aromatic carbocycles. The van der Waals surface area contributed by atoms with E-state index >= 15 is 0 Å². The van der Waals surface area contributed by atoms with Gasteiger partial charge >= 0.3 is 0 Å². The Bertz CT molecular complexity index is 682. The Morgan fingerprint density at radius 1 is 1.32 bits per heavy atom. The number of benzene rings is 1. The number of aryl methyl sites for hydroxylation is 1. The van der Waals surface area contributed by atoms with E-state index in [4.69, 9.17) is 4.74 Å². The highest BCUT2D eigenvalue weighted by atomic mass is 32.1. The fraction of sp³-hybridized carbons (Fsp3) is 0.267. The normalized spacial score (nSPS) is 10.1. The van der Waals surface area contributed by atoms with Crippen molar-refractivity contribution < 1.29 is 14.3 Å². The molecule has 6 nitrogen and oxygen atoms in total. The summed E-state index contributed by atoms with van der Waals surface area (Å²) in [6.07, 6.45) is 0. The largest absolute Gasteiger partial charge is 0.483 e. The van der Waals surface area contributed by atoms with Crippen molar-refractivity contribution in [3.8, 4) is 5.75 Å². The van der Waals surface area contributed by atoms with E-state index < -0.39 is 0 Å². The van der Waals surface area contributed by atoms with Crippen LogP contribution in [-0.4, -0.2) is 41.8 Å². The lowest BCUT2D eigenvalue weighted by Gasteiger charge is -2.13. The molecule has 0 atom stereocenters. The van der Waals surface area contributed by atoms with E-state index in [0.717, 1.165) is 5.69 Å². The van der Waals surface area contributed by atoms with E-state index in [0.29, 0.717) is 17.0 Å². The molecule has 0 aliphatic carbocycles. The minimum absolute atomic E-state index is 0.115. The van der Waals surface area contributed by atoms with Gasteiger partial charge in [0.05, 0.1) is 16.9 Å². The maximum absolute atomic E-state index is 12.4. The molecule has 0 fully saturated rings. The van der Waals surface area contributed by atoms with Crippen LogP contribution in [0.1, 0.15) is 16.1 Å². The SMILES string of the molecule is Cc1nscc1NC(=O)c1ccccc1OCC(=O)N(C)C. The lowest BCUT2D eigenvalue weighted by atomic mass is 10.2. The molecule has 0 aliphatic rings. The standard InChI is InChI=1S/C15H17N3O3S/c1-10-12(9-22-17-10)16-15(20)11-6-4-5-7-13(11)21-8-14(19)18(2)3/h4-7,9H,8H2,1-3H3,(H,16,20). The van der Waals surface area contributed by atoms with Crippen molar-refractivity contribution in [1.82, 2.24) is 9.27 Å². The van der Waals surface area contributed by atoms with Crippen LogP contribution in [0, 0.1) is 6.92 Å². The molecule has 0 saturated heterocycles. The third-order valence-corrected chi connectivity index (χ3v) is 3.70. The Hall–Kier alpha value is -2.41. The van der Waals surface area contributed by atoms with E-state index in [2.05, 4.69) is 9.69 Å². The molecule has 2 amide bonds. The maximum Gasteiger partial charge on any atom is 0.259 e. The molecule has 1 N–H and O–H groups in total. The molecule has 0 spiro atoms. The van der Waals surface area contributed by atoms with Crippen LogP contribution in [0.5, 0.6) is 5.75 Å². The van der Waals surface area contributed by atoms with E-state index in [1.165, 1.54) is 16.4 Å². The van der Waals surface area contributed by atoms with Gasteiger partial charge in [0.25, 0.3) is 11.8 Å². The Morgan fingerprint density at radius 3 is 2.68 bits per heavy atom. The van der Waals surface area contributed by atoms with Crippen molar-refractivity contribution in [3.63, 3.8) is 0 Å². The van der Waals surface area contributed by atoms with Gasteiger partial charge < -0.3 is 15.0 Å². The molecule has 0 aliphatic heterocycles. The summed E-state index contributed by atoms with van der Waals surface area (Å²) < 4.78 is 9.58. The van der Waals surface area contributed by atoms with Crippen LogP contribution in [0.4, 0.5) is 5.69 Å². The van der Waals surface area contributed by atoms with Crippen LogP contribution in [0.15, 0.2) is 29.6 Å². The van der Waals surface area contributed by atoms with E-state index in [1.54, 1.807) is 43.7 Å². The minimum atomic E-state index is -0.295. The maximum atomic E-state index is 12.4. The second-order valence-electron chi connectivity index (χ2n) is 4.84. The summed E-state index contributed by atoms with van der Waals surface area (Å²) in [6, 6.07) is 6.81. The Morgan fingerprint density at radius 2 is 2.05 bits per heavy atom. The third kappa shape index (κ3) is 3.82. The molecular weight excluding hydrogens is 302 g/mol. The number of likely N-dealkylation sites (N-methyl/N-ethyl adjacent to an activating group) is 1. The summed E-state index contributed by atoms with van der Waals surface area (Å²) in [5, 5.41) is 4.56. The second kappa shape index (κ2) is 7.04. The van der Waals surface area contributed by atoms with Gasteiger partial charge in [-0.3, -0.25) is 9.59 Å². The molecule has 0 bridgehead atoms. The van der Waals surface area contributed by atoms with Gasteiger partial charge in [0.2, 0.25) is 0 Å². The van der Waals surface area contributed by atoms with Gasteiger partial charge in [-0.25, -0.2) is 0 Å². The van der Waals surface area contributed by atoms with Crippen LogP contribution < -0.4 is 10.1 Å². The number of amides is 2. The first-order chi connectivity index (χ1) is 10.5. The van der Waals surface area contributed by atoms with E-state index in [1.807, 2.05) is 6.92 Å². The van der Waals surface area contributed by atoms with Crippen molar-refractivity contribution in [1.29, 1.82) is 0 Å². The molecule has 0 unspecified atom stereocenters. The first-order valence-electron chi connectivity index (χ1n) is 6.63. The number of nitrogens with one attached hydrogen (secondary N) is 1. The zero-order chi connectivity index (χ0) is 16.1. The number of rotatable bonds is 5. The van der Waals surface area contributed by atoms with Gasteiger partial charge in [0, 0.05) is 19.5 Å². The predicted molar refractivity (Wildman–Crippen MR) is 85.4 cm³/mol. The average molecular weight is 319 g/mol. The van der Waals surface area contributed by atoms with Gasteiger partial charge in [0.15, 0.2) is 6.61 Å². The van der Waals surface area contributed by atoms with Gasteiger partial charge in [-0.05, 0) is 30.6 Å². The summed E-state index contributed by atoms with van der Waals surface area (Å²) in [7, 11) is 3.30. The Balaban J connectivity index is 2.12. The molecule has 2 rings (SSSR count). The van der Waals surface area contributed by atoms with Crippen LogP contribution in [0.3, 0.4) is 0 Å². The van der Waals surface area contributed by atoms with Crippen molar-refractivity contribution in [2.45, 2.75) is 6.92 Å². The Labute approximate surface area is 132 Å². The molecule has 0 saturated carbocycles. The lowest BCUT2D eigenvalue weighted by molar-refractivity contribution is -0.130. The summed E-state index contributed by atoms with van der Waals surface area (Å²) in [4.78, 5) is 25.4. The van der Waals surface area contributed by atoms with Gasteiger partial charge in [0.1, 0.15) is 5.75 Å². The molecule has 22 heavy (non-hydrogen) atoms. The number of carbonyl (C=O) groups is 2. The van der Waals surface area contributed by atoms with E-state index in [9.17, 15) is 9.59 Å². The fourth-order valence-electron chi connectivity index (χ4n) is 1.65. The van der Waals surface area contributed by atoms with Crippen LogP contribution in [-0.2, 0) is 4.79 Å². The average Bonchev–Trinajstić information content (AvgIpc) is 2.90. The summed E-state index contributed by atoms with van der Waals surface area (Å²) >= 11 is 1.28. The van der Waals surface area contributed by atoms with E-state index in [-0.39, 0.29) is 18.4 Å². The number of hydrogen-bond donors (Lipinski definition) is 1. The minimum Gasteiger partial charge on any atom is -0.483 e. The summed E-state index contributed by atoms with van der Waals surface area (Å²) in [5.41, 5.74) is 1.81. The van der Waals surface area contributed by atoms with Crippen molar-refractivity contribution >= 4 is 29.0 Å². The topological polar surface area (TPSA) is 71.5 Å².